The Morgan fingerprint density at radius 1 is 1.35 bits per heavy atom. The molecule has 1 aromatic carbocycles. The van der Waals surface area contributed by atoms with Gasteiger partial charge in [-0.15, -0.1) is 0 Å². The number of imidazole rings is 1. The van der Waals surface area contributed by atoms with E-state index in [1.54, 1.807) is 42.3 Å². The molecule has 0 saturated heterocycles. The minimum Gasteiger partial charge on any atom is -0.398 e. The highest BCUT2D eigenvalue weighted by atomic mass is 19.1. The third kappa shape index (κ3) is 3.46. The summed E-state index contributed by atoms with van der Waals surface area (Å²) < 4.78 is 14.9. The molecule has 0 bridgehead atoms. The molecule has 0 atom stereocenters. The fourth-order valence-corrected chi connectivity index (χ4v) is 2.61. The van der Waals surface area contributed by atoms with E-state index in [1.165, 1.54) is 12.1 Å². The molecule has 2 aromatic heterocycles. The van der Waals surface area contributed by atoms with Crippen LogP contribution in [0.4, 0.5) is 4.39 Å². The van der Waals surface area contributed by atoms with E-state index in [4.69, 9.17) is 5.73 Å². The molecular formula is C19H19FN6. The number of aliphatic imine (C=N–C) groups is 1. The highest BCUT2D eigenvalue weighted by Crippen LogP contribution is 2.24. The van der Waals surface area contributed by atoms with Gasteiger partial charge in [0.1, 0.15) is 5.82 Å². The first-order valence-corrected chi connectivity index (χ1v) is 8.00. The maximum atomic E-state index is 13.2. The van der Waals surface area contributed by atoms with Crippen LogP contribution in [0.3, 0.4) is 0 Å². The van der Waals surface area contributed by atoms with Crippen molar-refractivity contribution in [2.75, 3.05) is 7.05 Å². The van der Waals surface area contributed by atoms with Crippen LogP contribution in [-0.4, -0.2) is 27.9 Å². The Labute approximate surface area is 150 Å². The Hall–Kier alpha value is -3.48. The third-order valence-electron chi connectivity index (χ3n) is 3.83. The topological polar surface area (TPSA) is 80.6 Å². The summed E-state index contributed by atoms with van der Waals surface area (Å²) in [7, 11) is 1.67. The van der Waals surface area contributed by atoms with Crippen LogP contribution in [-0.2, 0) is 6.54 Å². The van der Waals surface area contributed by atoms with Crippen molar-refractivity contribution < 1.29 is 4.39 Å². The second-order valence-electron chi connectivity index (χ2n) is 5.55. The van der Waals surface area contributed by atoms with Crippen molar-refractivity contribution in [3.8, 4) is 0 Å². The van der Waals surface area contributed by atoms with Crippen molar-refractivity contribution in [2.45, 2.75) is 6.54 Å². The summed E-state index contributed by atoms with van der Waals surface area (Å²) in [5.41, 5.74) is 10.5. The molecule has 3 aromatic rings. The average Bonchev–Trinajstić information content (AvgIpc) is 3.07. The minimum atomic E-state index is -0.314. The lowest BCUT2D eigenvalue weighted by Crippen LogP contribution is -2.05. The van der Waals surface area contributed by atoms with Gasteiger partial charge in [0.15, 0.2) is 5.65 Å². The summed E-state index contributed by atoms with van der Waals surface area (Å²) >= 11 is 0. The van der Waals surface area contributed by atoms with E-state index >= 15 is 0 Å². The summed E-state index contributed by atoms with van der Waals surface area (Å²) in [6.45, 7) is 4.18. The lowest BCUT2D eigenvalue weighted by Gasteiger charge is -2.09. The molecule has 6 nitrogen and oxygen atoms in total. The SMILES string of the molecule is C=CNCc1cn2nccc(C(C=NC)=C(N)c3ccc(F)cc3)c2n1. The summed E-state index contributed by atoms with van der Waals surface area (Å²) in [6, 6.07) is 7.86. The molecule has 0 amide bonds. The number of rotatable bonds is 6. The van der Waals surface area contributed by atoms with Gasteiger partial charge < -0.3 is 11.1 Å². The predicted molar refractivity (Wildman–Crippen MR) is 102 cm³/mol. The van der Waals surface area contributed by atoms with Gasteiger partial charge >= 0.3 is 0 Å². The molecule has 0 fully saturated rings. The van der Waals surface area contributed by atoms with Crippen molar-refractivity contribution in [1.29, 1.82) is 0 Å². The first-order valence-electron chi connectivity index (χ1n) is 8.00. The molecule has 0 aliphatic carbocycles. The van der Waals surface area contributed by atoms with Crippen molar-refractivity contribution in [3.05, 3.63) is 78.1 Å². The van der Waals surface area contributed by atoms with Gasteiger partial charge in [-0.2, -0.15) is 5.10 Å². The molecule has 26 heavy (non-hydrogen) atoms. The normalized spacial score (nSPS) is 12.4. The molecule has 2 heterocycles. The molecule has 132 valence electrons. The van der Waals surface area contributed by atoms with E-state index in [-0.39, 0.29) is 5.82 Å². The third-order valence-corrected chi connectivity index (χ3v) is 3.83. The van der Waals surface area contributed by atoms with E-state index in [0.717, 1.165) is 11.3 Å². The van der Waals surface area contributed by atoms with E-state index < -0.39 is 0 Å². The van der Waals surface area contributed by atoms with Gasteiger partial charge in [-0.05, 0) is 42.1 Å². The number of allylic oxidation sites excluding steroid dienone is 1. The smallest absolute Gasteiger partial charge is 0.161 e. The first kappa shape index (κ1) is 17.3. The van der Waals surface area contributed by atoms with Crippen LogP contribution < -0.4 is 11.1 Å². The Morgan fingerprint density at radius 3 is 2.81 bits per heavy atom. The van der Waals surface area contributed by atoms with E-state index in [0.29, 0.717) is 29.0 Å². The molecule has 0 unspecified atom stereocenters. The van der Waals surface area contributed by atoms with Crippen molar-refractivity contribution >= 4 is 23.1 Å². The Balaban J connectivity index is 2.16. The number of hydrogen-bond acceptors (Lipinski definition) is 5. The number of benzene rings is 1. The second-order valence-corrected chi connectivity index (χ2v) is 5.55. The lowest BCUT2D eigenvalue weighted by molar-refractivity contribution is 0.627. The van der Waals surface area contributed by atoms with Crippen LogP contribution in [0.15, 0.2) is 60.5 Å². The van der Waals surface area contributed by atoms with Gasteiger partial charge in [0, 0.05) is 36.3 Å². The van der Waals surface area contributed by atoms with E-state index in [1.807, 2.05) is 12.3 Å². The molecular weight excluding hydrogens is 331 g/mol. The zero-order chi connectivity index (χ0) is 18.5. The lowest BCUT2D eigenvalue weighted by atomic mass is 10.0. The number of nitrogens with zero attached hydrogens (tertiary/aromatic N) is 4. The summed E-state index contributed by atoms with van der Waals surface area (Å²) in [5, 5.41) is 7.31. The predicted octanol–water partition coefficient (Wildman–Crippen LogP) is 2.63. The van der Waals surface area contributed by atoms with Gasteiger partial charge in [0.05, 0.1) is 18.4 Å². The van der Waals surface area contributed by atoms with Crippen LogP contribution in [0.1, 0.15) is 16.8 Å². The maximum absolute atomic E-state index is 13.2. The van der Waals surface area contributed by atoms with Crippen molar-refractivity contribution in [3.63, 3.8) is 0 Å². The number of halogens is 1. The maximum Gasteiger partial charge on any atom is 0.161 e. The van der Waals surface area contributed by atoms with Crippen LogP contribution in [0, 0.1) is 5.82 Å². The zero-order valence-corrected chi connectivity index (χ0v) is 14.4. The Bertz CT molecular complexity index is 985. The van der Waals surface area contributed by atoms with Crippen LogP contribution >= 0.6 is 0 Å². The number of nitrogens with one attached hydrogen (secondary N) is 1. The molecule has 0 saturated carbocycles. The summed E-state index contributed by atoms with van der Waals surface area (Å²) in [5.74, 6) is -0.314. The number of aromatic nitrogens is 3. The second kappa shape index (κ2) is 7.60. The van der Waals surface area contributed by atoms with Crippen LogP contribution in [0.5, 0.6) is 0 Å². The van der Waals surface area contributed by atoms with E-state index in [2.05, 4.69) is 27.0 Å². The van der Waals surface area contributed by atoms with Crippen LogP contribution in [0.2, 0.25) is 0 Å². The highest BCUT2D eigenvalue weighted by molar-refractivity contribution is 6.20. The molecule has 0 radical (unpaired) electrons. The first-order chi connectivity index (χ1) is 12.6. The molecule has 0 aliphatic heterocycles. The fraction of sp³-hybridized carbons (Fsp3) is 0.105. The number of fused-ring (bicyclic) bond motifs is 1. The standard InChI is InChI=1S/C19H19FN6/c1-3-23-10-15-12-26-19(25-15)16(8-9-24-26)17(11-22-2)18(21)13-4-6-14(20)7-5-13/h3-9,11-12,23H,1,10,21H2,2H3. The highest BCUT2D eigenvalue weighted by Gasteiger charge is 2.14. The van der Waals surface area contributed by atoms with Crippen molar-refractivity contribution in [2.24, 2.45) is 10.7 Å². The summed E-state index contributed by atoms with van der Waals surface area (Å²) in [4.78, 5) is 8.74. The number of nitrogens with two attached hydrogens (primary N) is 1. The number of hydrogen-bond donors (Lipinski definition) is 2. The molecule has 3 N–H and O–H groups in total. The zero-order valence-electron chi connectivity index (χ0n) is 14.4. The Kier molecular flexibility index (Phi) is 5.07. The van der Waals surface area contributed by atoms with Gasteiger partial charge in [-0.3, -0.25) is 4.99 Å². The summed E-state index contributed by atoms with van der Waals surface area (Å²) in [6.07, 6.45) is 6.80. The van der Waals surface area contributed by atoms with Gasteiger partial charge in [-0.1, -0.05) is 6.58 Å². The molecule has 0 aliphatic rings. The van der Waals surface area contributed by atoms with E-state index in [9.17, 15) is 4.39 Å². The minimum absolute atomic E-state index is 0.314. The monoisotopic (exact) mass is 350 g/mol. The average molecular weight is 350 g/mol. The molecule has 3 rings (SSSR count). The van der Waals surface area contributed by atoms with Gasteiger partial charge in [0.2, 0.25) is 0 Å². The van der Waals surface area contributed by atoms with Gasteiger partial charge in [-0.25, -0.2) is 13.9 Å². The fourth-order valence-electron chi connectivity index (χ4n) is 2.61. The Morgan fingerprint density at radius 2 is 2.12 bits per heavy atom. The van der Waals surface area contributed by atoms with Crippen molar-refractivity contribution in [1.82, 2.24) is 19.9 Å². The van der Waals surface area contributed by atoms with Gasteiger partial charge in [0.25, 0.3) is 0 Å². The largest absolute Gasteiger partial charge is 0.398 e. The molecule has 0 spiro atoms. The quantitative estimate of drug-likeness (QED) is 0.670. The molecule has 7 heteroatoms. The van der Waals surface area contributed by atoms with Crippen LogP contribution in [0.25, 0.3) is 16.9 Å².